The van der Waals surface area contributed by atoms with Gasteiger partial charge in [-0.25, -0.2) is 0 Å². The molecule has 6 heteroatoms. The summed E-state index contributed by atoms with van der Waals surface area (Å²) in [4.78, 5) is 10.0. The highest BCUT2D eigenvalue weighted by atomic mass is 32.1. The summed E-state index contributed by atoms with van der Waals surface area (Å²) in [6, 6.07) is 1.57. The minimum absolute atomic E-state index is 0.169. The van der Waals surface area contributed by atoms with E-state index in [1.807, 2.05) is 0 Å². The van der Waals surface area contributed by atoms with E-state index in [1.54, 1.807) is 18.4 Å². The zero-order chi connectivity index (χ0) is 11.3. The number of hydrogen-bond acceptors (Lipinski definition) is 5. The third kappa shape index (κ3) is 4.37. The number of nitrogens with one attached hydrogen (secondary N) is 1. The van der Waals surface area contributed by atoms with E-state index in [-0.39, 0.29) is 16.0 Å². The van der Waals surface area contributed by atoms with Crippen LogP contribution in [-0.2, 0) is 6.54 Å². The van der Waals surface area contributed by atoms with Crippen LogP contribution < -0.4 is 5.32 Å². The van der Waals surface area contributed by atoms with Crippen LogP contribution in [0.2, 0.25) is 0 Å². The molecule has 0 spiro atoms. The minimum Gasteiger partial charge on any atom is -0.393 e. The van der Waals surface area contributed by atoms with Crippen LogP contribution in [-0.4, -0.2) is 22.7 Å². The van der Waals surface area contributed by atoms with Gasteiger partial charge in [0, 0.05) is 18.0 Å². The number of nitro groups is 1. The molecule has 0 amide bonds. The minimum atomic E-state index is -0.385. The summed E-state index contributed by atoms with van der Waals surface area (Å²) >= 11 is 1.13. The topological polar surface area (TPSA) is 75.4 Å². The highest BCUT2D eigenvalue weighted by Crippen LogP contribution is 2.22. The number of hydrogen-bond donors (Lipinski definition) is 2. The molecular weight excluding hydrogens is 216 g/mol. The smallest absolute Gasteiger partial charge is 0.324 e. The largest absolute Gasteiger partial charge is 0.393 e. The third-order valence-electron chi connectivity index (χ3n) is 1.89. The average molecular weight is 230 g/mol. The van der Waals surface area contributed by atoms with Gasteiger partial charge in [0.1, 0.15) is 0 Å². The Morgan fingerprint density at radius 3 is 3.00 bits per heavy atom. The van der Waals surface area contributed by atoms with Crippen molar-refractivity contribution >= 4 is 16.3 Å². The van der Waals surface area contributed by atoms with Crippen molar-refractivity contribution in [1.82, 2.24) is 5.32 Å². The number of aliphatic hydroxyl groups excluding tert-OH is 1. The van der Waals surface area contributed by atoms with Gasteiger partial charge in [-0.1, -0.05) is 11.3 Å². The molecule has 0 fully saturated rings. The lowest BCUT2D eigenvalue weighted by Crippen LogP contribution is -2.18. The summed E-state index contributed by atoms with van der Waals surface area (Å²) in [5, 5.41) is 24.4. The van der Waals surface area contributed by atoms with Crippen LogP contribution in [0, 0.1) is 10.1 Å². The normalized spacial score (nSPS) is 12.7. The lowest BCUT2D eigenvalue weighted by Gasteiger charge is -2.04. The molecule has 1 heterocycles. The van der Waals surface area contributed by atoms with Crippen LogP contribution in [0.5, 0.6) is 0 Å². The average Bonchev–Trinajstić information content (AvgIpc) is 2.60. The van der Waals surface area contributed by atoms with E-state index in [9.17, 15) is 10.1 Å². The Kier molecular flexibility index (Phi) is 4.67. The lowest BCUT2D eigenvalue weighted by molar-refractivity contribution is -0.380. The van der Waals surface area contributed by atoms with Gasteiger partial charge in [-0.05, 0) is 25.5 Å². The van der Waals surface area contributed by atoms with Gasteiger partial charge in [-0.15, -0.1) is 0 Å². The fraction of sp³-hybridized carbons (Fsp3) is 0.556. The van der Waals surface area contributed by atoms with Crippen molar-refractivity contribution in [2.75, 3.05) is 6.54 Å². The van der Waals surface area contributed by atoms with E-state index in [0.717, 1.165) is 16.9 Å². The molecule has 0 aliphatic carbocycles. The molecule has 0 radical (unpaired) electrons. The van der Waals surface area contributed by atoms with Gasteiger partial charge >= 0.3 is 5.00 Å². The highest BCUT2D eigenvalue weighted by Gasteiger charge is 2.08. The van der Waals surface area contributed by atoms with Crippen molar-refractivity contribution in [3.63, 3.8) is 0 Å². The monoisotopic (exact) mass is 230 g/mol. The molecule has 1 unspecified atom stereocenters. The summed E-state index contributed by atoms with van der Waals surface area (Å²) in [5.74, 6) is 0. The van der Waals surface area contributed by atoms with Gasteiger partial charge in [0.05, 0.1) is 11.0 Å². The van der Waals surface area contributed by atoms with Crippen LogP contribution in [0.1, 0.15) is 18.9 Å². The van der Waals surface area contributed by atoms with E-state index in [0.29, 0.717) is 19.5 Å². The van der Waals surface area contributed by atoms with E-state index < -0.39 is 0 Å². The predicted octanol–water partition coefficient (Wildman–Crippen LogP) is 1.52. The van der Waals surface area contributed by atoms with E-state index >= 15 is 0 Å². The van der Waals surface area contributed by atoms with Crippen LogP contribution in [0.4, 0.5) is 5.00 Å². The summed E-state index contributed by atoms with van der Waals surface area (Å²) in [7, 11) is 0. The molecule has 0 bridgehead atoms. The molecule has 5 nitrogen and oxygen atoms in total. The van der Waals surface area contributed by atoms with Crippen LogP contribution >= 0.6 is 11.3 Å². The molecule has 1 rings (SSSR count). The first kappa shape index (κ1) is 12.1. The summed E-state index contributed by atoms with van der Waals surface area (Å²) in [6.45, 7) is 3.05. The molecule has 84 valence electrons. The first-order chi connectivity index (χ1) is 7.09. The SMILES string of the molecule is CC(O)CCNCc1csc([N+](=O)[O-])c1. The molecule has 2 N–H and O–H groups in total. The third-order valence-corrected chi connectivity index (χ3v) is 2.82. The maximum absolute atomic E-state index is 10.4. The molecule has 1 aromatic heterocycles. The number of nitrogens with zero attached hydrogens (tertiary/aromatic N) is 1. The van der Waals surface area contributed by atoms with Crippen molar-refractivity contribution in [2.45, 2.75) is 26.0 Å². The molecule has 0 aliphatic rings. The molecule has 1 atom stereocenters. The van der Waals surface area contributed by atoms with Gasteiger partial charge in [0.25, 0.3) is 0 Å². The first-order valence-corrected chi connectivity index (χ1v) is 5.58. The Bertz CT molecular complexity index is 325. The molecule has 0 saturated carbocycles. The fourth-order valence-corrected chi connectivity index (χ4v) is 1.82. The van der Waals surface area contributed by atoms with Crippen molar-refractivity contribution in [2.24, 2.45) is 0 Å². The van der Waals surface area contributed by atoms with Crippen molar-refractivity contribution in [3.8, 4) is 0 Å². The summed E-state index contributed by atoms with van der Waals surface area (Å²) < 4.78 is 0. The van der Waals surface area contributed by atoms with Gasteiger partial charge < -0.3 is 10.4 Å². The molecule has 15 heavy (non-hydrogen) atoms. The zero-order valence-corrected chi connectivity index (χ0v) is 9.29. The maximum atomic E-state index is 10.4. The molecular formula is C9H14N2O3S. The van der Waals surface area contributed by atoms with Gasteiger partial charge in [-0.2, -0.15) is 0 Å². The summed E-state index contributed by atoms with van der Waals surface area (Å²) in [5.41, 5.74) is 0.914. The first-order valence-electron chi connectivity index (χ1n) is 4.70. The Morgan fingerprint density at radius 2 is 2.47 bits per heavy atom. The van der Waals surface area contributed by atoms with E-state index in [4.69, 9.17) is 5.11 Å². The second-order valence-electron chi connectivity index (χ2n) is 3.36. The standard InChI is InChI=1S/C9H14N2O3S/c1-7(12)2-3-10-5-8-4-9(11(13)14)15-6-8/h4,6-7,10,12H,2-3,5H2,1H3. The lowest BCUT2D eigenvalue weighted by atomic mass is 10.3. The molecule has 0 aliphatic heterocycles. The molecule has 0 aromatic carbocycles. The van der Waals surface area contributed by atoms with Crippen LogP contribution in [0.25, 0.3) is 0 Å². The number of rotatable bonds is 6. The zero-order valence-electron chi connectivity index (χ0n) is 8.47. The second kappa shape index (κ2) is 5.79. The van der Waals surface area contributed by atoms with Gasteiger partial charge in [-0.3, -0.25) is 10.1 Å². The van der Waals surface area contributed by atoms with Crippen LogP contribution in [0.3, 0.4) is 0 Å². The quantitative estimate of drug-likeness (QED) is 0.441. The van der Waals surface area contributed by atoms with E-state index in [1.165, 1.54) is 0 Å². The van der Waals surface area contributed by atoms with Crippen molar-refractivity contribution in [1.29, 1.82) is 0 Å². The summed E-state index contributed by atoms with van der Waals surface area (Å²) in [6.07, 6.45) is 0.376. The fourth-order valence-electron chi connectivity index (χ4n) is 1.09. The Morgan fingerprint density at radius 1 is 1.73 bits per heavy atom. The maximum Gasteiger partial charge on any atom is 0.324 e. The number of thiophene rings is 1. The Labute approximate surface area is 91.9 Å². The Balaban J connectivity index is 2.29. The number of aliphatic hydroxyl groups is 1. The predicted molar refractivity (Wildman–Crippen MR) is 59.0 cm³/mol. The van der Waals surface area contributed by atoms with Gasteiger partial charge in [0.2, 0.25) is 0 Å². The van der Waals surface area contributed by atoms with Crippen molar-refractivity contribution in [3.05, 3.63) is 27.1 Å². The van der Waals surface area contributed by atoms with E-state index in [2.05, 4.69) is 5.32 Å². The van der Waals surface area contributed by atoms with Gasteiger partial charge in [0.15, 0.2) is 0 Å². The highest BCUT2D eigenvalue weighted by molar-refractivity contribution is 7.13. The molecule has 1 aromatic rings. The van der Waals surface area contributed by atoms with Crippen LogP contribution in [0.15, 0.2) is 11.4 Å². The second-order valence-corrected chi connectivity index (χ2v) is 4.25. The molecule has 0 saturated heterocycles. The Hall–Kier alpha value is -0.980. The van der Waals surface area contributed by atoms with Crippen molar-refractivity contribution < 1.29 is 10.0 Å².